The Kier molecular flexibility index (Phi) is 30.9. The van der Waals surface area contributed by atoms with Crippen molar-refractivity contribution in [1.29, 1.82) is 5.26 Å². The molecule has 0 spiro atoms. The molecular formula is C105H112Cl3F8N13O16. The highest BCUT2D eigenvalue weighted by Crippen LogP contribution is 2.52. The average Bonchev–Trinajstić information content (AvgIpc) is 1.69. The van der Waals surface area contributed by atoms with Crippen LogP contribution >= 0.6 is 34.8 Å². The van der Waals surface area contributed by atoms with E-state index in [0.717, 1.165) is 22.3 Å². The van der Waals surface area contributed by atoms with Crippen molar-refractivity contribution in [2.45, 2.75) is 309 Å². The number of nitrogens with one attached hydrogen (secondary N) is 8. The summed E-state index contributed by atoms with van der Waals surface area (Å²) < 4.78 is 116. The molecule has 8 aromatic rings. The van der Waals surface area contributed by atoms with Gasteiger partial charge in [0.25, 0.3) is 94.1 Å². The molecule has 0 bridgehead atoms. The molecule has 2 unspecified atom stereocenters. The first-order valence-electron chi connectivity index (χ1n) is 47.8. The molecule has 8 aliphatic rings. The Morgan fingerprint density at radius 1 is 0.324 bits per heavy atom. The Morgan fingerprint density at radius 2 is 0.517 bits per heavy atom. The van der Waals surface area contributed by atoms with Gasteiger partial charge < -0.3 is 60.8 Å². The van der Waals surface area contributed by atoms with E-state index in [9.17, 15) is 117 Å². The molecule has 8 heterocycles. The zero-order valence-electron chi connectivity index (χ0n) is 82.8. The molecule has 8 N–H and O–H groups in total. The van der Waals surface area contributed by atoms with Gasteiger partial charge >= 0.3 is 0 Å². The summed E-state index contributed by atoms with van der Waals surface area (Å²) >= 11 is 18.5. The minimum atomic E-state index is -3.09. The molecule has 4 saturated carbocycles. The number of carbonyl (C=O) groups is 16. The van der Waals surface area contributed by atoms with Crippen molar-refractivity contribution in [1.82, 2.24) is 39.5 Å². The molecule has 4 atom stereocenters. The molecule has 40 heteroatoms. The van der Waals surface area contributed by atoms with Crippen LogP contribution in [0.3, 0.4) is 0 Å². The summed E-state index contributed by atoms with van der Waals surface area (Å²) in [5.74, 6) is -24.7. The summed E-state index contributed by atoms with van der Waals surface area (Å²) in [4.78, 5) is 208. The maximum atomic E-state index is 13.7. The molecule has 4 aromatic heterocycles. The second kappa shape index (κ2) is 41.1. The number of alkyl halides is 8. The van der Waals surface area contributed by atoms with E-state index in [4.69, 9.17) is 34.8 Å². The van der Waals surface area contributed by atoms with Crippen LogP contribution in [0.25, 0.3) is 0 Å². The number of hydrogen-bond donors (Lipinski definition) is 8. The summed E-state index contributed by atoms with van der Waals surface area (Å²) in [6, 6.07) is 21.9. The second-order valence-electron chi connectivity index (χ2n) is 39.5. The van der Waals surface area contributed by atoms with E-state index < -0.39 is 191 Å². The number of benzene rings is 4. The SMILES string of the molecule is CCC(=O)C1(NC(=O)C(=O)c2c(C)c(C(=O)Nc3ccc(C)c(C#N)c3)n3c2CCC3C)CC(F)(F)C1.CCC(=O)C1(NC(=O)C(=O)c2c(C)c(C(=O)Nc3ccc(C)c(Cl)c3)n3c2CCC3C)CC(F)(F)C1.CCC(=O)C1(NC(=O)C(=O)c2c(C)c(C(=O)Nc3ccc(C)c(Cl)c3)n3c2CC[C@@H]3C)CC(F)(F)C1.CCC(=O)C1(NC(=O)C(=O)c2c(C)c(C(=O)Nc3ccc(C)c(Cl)c3)n3c2CC[C@H]3C)CC(F)(F)C1. The van der Waals surface area contributed by atoms with Gasteiger partial charge in [0.05, 0.1) is 33.9 Å². The van der Waals surface area contributed by atoms with E-state index >= 15 is 0 Å². The fourth-order valence-corrected chi connectivity index (χ4v) is 22.0. The molecule has 770 valence electrons. The number of ketones is 8. The van der Waals surface area contributed by atoms with Crippen molar-refractivity contribution in [3.05, 3.63) is 206 Å². The van der Waals surface area contributed by atoms with Crippen molar-refractivity contribution in [3.8, 4) is 6.07 Å². The summed E-state index contributed by atoms with van der Waals surface area (Å²) in [6.07, 6.45) is -2.37. The fraction of sp³-hybridized carbons (Fsp3) is 0.457. The number of aryl methyl sites for hydroxylation is 4. The predicted molar refractivity (Wildman–Crippen MR) is 524 cm³/mol. The highest BCUT2D eigenvalue weighted by atomic mass is 35.5. The largest absolute Gasteiger partial charge is 0.337 e. The van der Waals surface area contributed by atoms with Crippen molar-refractivity contribution < 1.29 is 112 Å². The number of nitrogens with zero attached hydrogens (tertiary/aromatic N) is 5. The zero-order valence-corrected chi connectivity index (χ0v) is 85.1. The summed E-state index contributed by atoms with van der Waals surface area (Å²) in [7, 11) is 0. The van der Waals surface area contributed by atoms with Crippen molar-refractivity contribution in [2.75, 3.05) is 21.3 Å². The van der Waals surface area contributed by atoms with Gasteiger partial charge in [-0.2, -0.15) is 5.26 Å². The van der Waals surface area contributed by atoms with E-state index in [1.807, 2.05) is 48.5 Å². The molecule has 16 rings (SSSR count). The first-order chi connectivity index (χ1) is 67.7. The lowest BCUT2D eigenvalue weighted by Crippen LogP contribution is -2.67. The van der Waals surface area contributed by atoms with Crippen LogP contribution in [-0.2, 0) is 64.0 Å². The molecule has 4 fully saturated rings. The zero-order chi connectivity index (χ0) is 107. The van der Waals surface area contributed by atoms with Gasteiger partial charge in [-0.05, 0) is 227 Å². The van der Waals surface area contributed by atoms with Crippen LogP contribution in [0.1, 0.15) is 339 Å². The number of carbonyl (C=O) groups excluding carboxylic acids is 16. The minimum Gasteiger partial charge on any atom is -0.337 e. The van der Waals surface area contributed by atoms with Gasteiger partial charge in [-0.3, -0.25) is 76.7 Å². The highest BCUT2D eigenvalue weighted by Gasteiger charge is 2.65. The minimum absolute atomic E-state index is 0.0456. The third kappa shape index (κ3) is 21.1. The maximum Gasteiger partial charge on any atom is 0.293 e. The van der Waals surface area contributed by atoms with Crippen LogP contribution in [0.5, 0.6) is 0 Å². The Hall–Kier alpha value is -13.1. The second-order valence-corrected chi connectivity index (χ2v) is 40.7. The Balaban J connectivity index is 0.000000162. The smallest absolute Gasteiger partial charge is 0.293 e. The number of aromatic nitrogens is 4. The van der Waals surface area contributed by atoms with Crippen molar-refractivity contribution in [3.63, 3.8) is 0 Å². The molecule has 0 saturated heterocycles. The van der Waals surface area contributed by atoms with Crippen LogP contribution in [0.15, 0.2) is 72.8 Å². The summed E-state index contributed by atoms with van der Waals surface area (Å²) in [6.45, 7) is 27.3. The van der Waals surface area contributed by atoms with Gasteiger partial charge in [0.2, 0.25) is 0 Å². The van der Waals surface area contributed by atoms with E-state index in [2.05, 4.69) is 48.6 Å². The Bertz CT molecular complexity index is 6390. The first kappa shape index (κ1) is 109. The third-order valence-electron chi connectivity index (χ3n) is 29.0. The van der Waals surface area contributed by atoms with Crippen LogP contribution < -0.4 is 42.5 Å². The van der Waals surface area contributed by atoms with Gasteiger partial charge in [-0.15, -0.1) is 0 Å². The standard InChI is InChI=1S/C27H28F2N4O4.3C26H28ClF2N3O4/c1-5-20(34)26(12-27(28,29)13-26)32-25(37)23(35)21-16(4)22(33-15(3)7-9-19(21)33)24(36)31-18-8-6-14(2)17(10-18)11-30;3*1-5-19(33)25(11-26(28,29)12-25)31-24(36)22(34)20-15(4)21(32-14(3)7-9-18(20)32)23(35)30-16-8-6-13(2)17(27)10-16/h6,8,10,15H,5,7,9,12-13H2,1-4H3,(H,31,36)(H,32,37);3*6,8,10,14H,5,7,9,11-12H2,1-4H3,(H,30,35)(H,31,36)/t;2*14-;/m.10./s1. The van der Waals surface area contributed by atoms with Gasteiger partial charge in [-0.1, -0.05) is 86.8 Å². The van der Waals surface area contributed by atoms with Crippen LogP contribution in [0.2, 0.25) is 15.1 Å². The van der Waals surface area contributed by atoms with Gasteiger partial charge in [-0.25, -0.2) is 35.1 Å². The highest BCUT2D eigenvalue weighted by molar-refractivity contribution is 6.46. The molecule has 4 aromatic carbocycles. The number of halogens is 11. The van der Waals surface area contributed by atoms with Crippen molar-refractivity contribution in [2.24, 2.45) is 0 Å². The quantitative estimate of drug-likeness (QED) is 0.0128. The lowest BCUT2D eigenvalue weighted by molar-refractivity contribution is -0.163. The average molecular weight is 2070 g/mol. The number of amides is 8. The summed E-state index contributed by atoms with van der Waals surface area (Å²) in [5, 5.41) is 31.2. The number of nitriles is 1. The normalized spacial score (nSPS) is 19.1. The summed E-state index contributed by atoms with van der Waals surface area (Å²) in [5.41, 5.74) is 3.21. The van der Waals surface area contributed by atoms with E-state index in [-0.39, 0.29) is 94.9 Å². The molecule has 145 heavy (non-hydrogen) atoms. The molecule has 4 aliphatic carbocycles. The first-order valence-corrected chi connectivity index (χ1v) is 49.0. The fourth-order valence-electron chi connectivity index (χ4n) is 21.5. The Labute approximate surface area is 845 Å². The van der Waals surface area contributed by atoms with Crippen LogP contribution in [0.4, 0.5) is 57.9 Å². The van der Waals surface area contributed by atoms with Gasteiger partial charge in [0, 0.05) is 162 Å². The number of fused-ring (bicyclic) bond motifs is 4. The monoisotopic (exact) mass is 2070 g/mol. The lowest BCUT2D eigenvalue weighted by atomic mass is 9.69. The number of rotatable bonds is 28. The molecule has 0 radical (unpaired) electrons. The van der Waals surface area contributed by atoms with Gasteiger partial charge in [0.15, 0.2) is 23.1 Å². The van der Waals surface area contributed by atoms with Crippen molar-refractivity contribution >= 4 is 151 Å². The lowest BCUT2D eigenvalue weighted by Gasteiger charge is -2.46. The third-order valence-corrected chi connectivity index (χ3v) is 30.2. The topological polar surface area (TPSA) is 413 Å². The number of anilines is 4. The predicted octanol–water partition coefficient (Wildman–Crippen LogP) is 19.1. The van der Waals surface area contributed by atoms with Crippen LogP contribution in [-0.4, -0.2) is 158 Å². The molecule has 8 amide bonds. The van der Waals surface area contributed by atoms with Crippen LogP contribution in [0, 0.1) is 66.7 Å². The molecule has 4 aliphatic heterocycles. The van der Waals surface area contributed by atoms with E-state index in [1.54, 1.807) is 126 Å². The van der Waals surface area contributed by atoms with Gasteiger partial charge in [0.1, 0.15) is 44.9 Å². The Morgan fingerprint density at radius 3 is 0.697 bits per heavy atom. The van der Waals surface area contributed by atoms with E-state index in [1.165, 1.54) is 27.7 Å². The molecule has 29 nitrogen and oxygen atoms in total. The molecular weight excluding hydrogens is 1960 g/mol. The number of Topliss-reactive ketones (excluding diaryl/α,β-unsaturated/α-hetero) is 8. The maximum absolute atomic E-state index is 13.7. The number of hydrogen-bond acceptors (Lipinski definition) is 17. The van der Waals surface area contributed by atoms with E-state index in [0.29, 0.717) is 140 Å².